The molecule has 6 nitrogen and oxygen atoms in total. The number of benzene rings is 2. The topological polar surface area (TPSA) is 64.4 Å². The number of carbonyl (C=O) groups is 2. The minimum Gasteiger partial charge on any atom is -0.466 e. The van der Waals surface area contributed by atoms with Crippen LogP contribution in [0, 0.1) is 5.92 Å². The smallest absolute Gasteiger partial charge is 0.309 e. The van der Waals surface area contributed by atoms with Gasteiger partial charge in [0.2, 0.25) is 5.91 Å². The molecule has 7 heteroatoms. The summed E-state index contributed by atoms with van der Waals surface area (Å²) in [5.41, 5.74) is 2.91. The Balaban J connectivity index is 1.63. The molecule has 0 unspecified atom stereocenters. The molecule has 0 radical (unpaired) electrons. The number of rotatable bonds is 8. The lowest BCUT2D eigenvalue weighted by atomic mass is 9.96. The third kappa shape index (κ3) is 5.27. The number of halogens is 1. The van der Waals surface area contributed by atoms with Crippen LogP contribution < -0.4 is 0 Å². The van der Waals surface area contributed by atoms with Crippen LogP contribution in [0.1, 0.15) is 57.0 Å². The van der Waals surface area contributed by atoms with Crippen molar-refractivity contribution in [3.63, 3.8) is 0 Å². The van der Waals surface area contributed by atoms with E-state index in [0.29, 0.717) is 44.0 Å². The number of esters is 1. The molecule has 0 aliphatic carbocycles. The molecule has 1 amide bonds. The van der Waals surface area contributed by atoms with Crippen LogP contribution in [0.2, 0.25) is 5.02 Å². The van der Waals surface area contributed by atoms with Gasteiger partial charge in [0.25, 0.3) is 0 Å². The summed E-state index contributed by atoms with van der Waals surface area (Å²) in [5.74, 6) is 0.682. The fourth-order valence-electron chi connectivity index (χ4n) is 4.84. The number of nitrogens with zero attached hydrogens (tertiary/aromatic N) is 3. The molecule has 0 spiro atoms. The summed E-state index contributed by atoms with van der Waals surface area (Å²) in [6.45, 7) is 5.45. The van der Waals surface area contributed by atoms with Crippen molar-refractivity contribution in [3.8, 4) is 0 Å². The average molecular weight is 482 g/mol. The highest BCUT2D eigenvalue weighted by Crippen LogP contribution is 2.29. The van der Waals surface area contributed by atoms with Gasteiger partial charge < -0.3 is 14.2 Å². The summed E-state index contributed by atoms with van der Waals surface area (Å²) < 4.78 is 7.31. The first-order chi connectivity index (χ1) is 16.5. The van der Waals surface area contributed by atoms with Crippen molar-refractivity contribution in [3.05, 3.63) is 64.9 Å². The highest BCUT2D eigenvalue weighted by atomic mass is 35.5. The molecular weight excluding hydrogens is 450 g/mol. The highest BCUT2D eigenvalue weighted by Gasteiger charge is 2.33. The van der Waals surface area contributed by atoms with E-state index in [0.717, 1.165) is 35.3 Å². The Bertz CT molecular complexity index is 1150. The molecule has 1 saturated heterocycles. The van der Waals surface area contributed by atoms with E-state index in [2.05, 4.69) is 11.5 Å². The zero-order chi connectivity index (χ0) is 24.1. The van der Waals surface area contributed by atoms with Gasteiger partial charge in [-0.1, -0.05) is 49.2 Å². The minimum atomic E-state index is -0.342. The maximum atomic E-state index is 13.8. The van der Waals surface area contributed by atoms with Crippen molar-refractivity contribution in [2.45, 2.75) is 52.0 Å². The molecule has 1 aliphatic heterocycles. The fraction of sp³-hybridized carbons (Fsp3) is 0.444. The maximum absolute atomic E-state index is 13.8. The Morgan fingerprint density at radius 3 is 2.59 bits per heavy atom. The third-order valence-corrected chi connectivity index (χ3v) is 6.74. The molecule has 2 heterocycles. The van der Waals surface area contributed by atoms with Crippen molar-refractivity contribution in [2.24, 2.45) is 5.92 Å². The number of amides is 1. The number of hydrogen-bond acceptors (Lipinski definition) is 4. The van der Waals surface area contributed by atoms with E-state index >= 15 is 0 Å². The lowest BCUT2D eigenvalue weighted by Crippen LogP contribution is -2.44. The van der Waals surface area contributed by atoms with Crippen LogP contribution in [0.3, 0.4) is 0 Å². The maximum Gasteiger partial charge on any atom is 0.309 e. The summed E-state index contributed by atoms with van der Waals surface area (Å²) in [5, 5.41) is 0.686. The predicted molar refractivity (Wildman–Crippen MR) is 134 cm³/mol. The van der Waals surface area contributed by atoms with Gasteiger partial charge in [-0.25, -0.2) is 4.98 Å². The number of piperidine rings is 1. The van der Waals surface area contributed by atoms with Crippen LogP contribution in [-0.4, -0.2) is 46.0 Å². The molecule has 1 fully saturated rings. The standard InChI is InChI=1S/C27H32ClN3O3/c1-3-8-24(26(32)30-15-13-20(14-16-30)27(33)34-4-2)31-23-12-6-5-11-22(23)29-25(31)18-19-9-7-10-21(28)17-19/h5-7,9-12,17,20,24H,3-4,8,13-16,18H2,1-2H3/t24-/m1/s1. The van der Waals surface area contributed by atoms with E-state index in [1.54, 1.807) is 0 Å². The normalized spacial score (nSPS) is 15.4. The minimum absolute atomic E-state index is 0.0969. The number of ether oxygens (including phenoxy) is 1. The summed E-state index contributed by atoms with van der Waals surface area (Å²) in [7, 11) is 0. The second-order valence-electron chi connectivity index (χ2n) is 8.85. The molecule has 3 aromatic rings. The van der Waals surface area contributed by atoms with Gasteiger partial charge in [-0.15, -0.1) is 0 Å². The van der Waals surface area contributed by atoms with E-state index in [1.807, 2.05) is 60.4 Å². The summed E-state index contributed by atoms with van der Waals surface area (Å²) in [6, 6.07) is 15.4. The van der Waals surface area contributed by atoms with E-state index in [4.69, 9.17) is 21.3 Å². The second-order valence-corrected chi connectivity index (χ2v) is 9.29. The van der Waals surface area contributed by atoms with Crippen molar-refractivity contribution >= 4 is 34.5 Å². The van der Waals surface area contributed by atoms with Crippen molar-refractivity contribution in [1.29, 1.82) is 0 Å². The van der Waals surface area contributed by atoms with Gasteiger partial charge in [-0.3, -0.25) is 9.59 Å². The third-order valence-electron chi connectivity index (χ3n) is 6.51. The van der Waals surface area contributed by atoms with Crippen molar-refractivity contribution in [2.75, 3.05) is 19.7 Å². The molecule has 1 atom stereocenters. The van der Waals surface area contributed by atoms with Crippen molar-refractivity contribution < 1.29 is 14.3 Å². The highest BCUT2D eigenvalue weighted by molar-refractivity contribution is 6.30. The molecule has 180 valence electrons. The number of hydrogen-bond donors (Lipinski definition) is 0. The first-order valence-corrected chi connectivity index (χ1v) is 12.5. The predicted octanol–water partition coefficient (Wildman–Crippen LogP) is 5.42. The molecule has 2 aromatic carbocycles. The summed E-state index contributed by atoms with van der Waals surface area (Å²) in [4.78, 5) is 32.8. The van der Waals surface area contributed by atoms with E-state index in [9.17, 15) is 9.59 Å². The Kier molecular flexibility index (Phi) is 7.88. The lowest BCUT2D eigenvalue weighted by molar-refractivity contribution is -0.151. The zero-order valence-electron chi connectivity index (χ0n) is 19.9. The molecule has 0 saturated carbocycles. The largest absolute Gasteiger partial charge is 0.466 e. The van der Waals surface area contributed by atoms with Crippen LogP contribution >= 0.6 is 11.6 Å². The van der Waals surface area contributed by atoms with Gasteiger partial charge in [-0.2, -0.15) is 0 Å². The number of imidazole rings is 1. The zero-order valence-corrected chi connectivity index (χ0v) is 20.6. The number of para-hydroxylation sites is 2. The first-order valence-electron chi connectivity index (χ1n) is 12.2. The second kappa shape index (κ2) is 11.0. The van der Waals surface area contributed by atoms with Crippen LogP contribution in [-0.2, 0) is 20.7 Å². The molecular formula is C27H32ClN3O3. The number of aromatic nitrogens is 2. The van der Waals surface area contributed by atoms with Gasteiger partial charge in [0, 0.05) is 24.5 Å². The van der Waals surface area contributed by atoms with Crippen LogP contribution in [0.25, 0.3) is 11.0 Å². The SMILES string of the molecule is CCC[C@H](C(=O)N1CCC(C(=O)OCC)CC1)n1c(Cc2cccc(Cl)c2)nc2ccccc21. The van der Waals surface area contributed by atoms with E-state index in [1.165, 1.54) is 0 Å². The molecule has 4 rings (SSSR count). The monoisotopic (exact) mass is 481 g/mol. The molecule has 1 aliphatic rings. The Labute approximate surface area is 205 Å². The van der Waals surface area contributed by atoms with Gasteiger partial charge in [0.15, 0.2) is 0 Å². The van der Waals surface area contributed by atoms with Crippen LogP contribution in [0.15, 0.2) is 48.5 Å². The quantitative estimate of drug-likeness (QED) is 0.403. The molecule has 34 heavy (non-hydrogen) atoms. The van der Waals surface area contributed by atoms with Crippen LogP contribution in [0.5, 0.6) is 0 Å². The molecule has 1 aromatic heterocycles. The van der Waals surface area contributed by atoms with Gasteiger partial charge in [0.1, 0.15) is 11.9 Å². The number of fused-ring (bicyclic) bond motifs is 1. The lowest BCUT2D eigenvalue weighted by Gasteiger charge is -2.34. The van der Waals surface area contributed by atoms with Gasteiger partial charge >= 0.3 is 5.97 Å². The number of likely N-dealkylation sites (tertiary alicyclic amines) is 1. The molecule has 0 N–H and O–H groups in total. The van der Waals surface area contributed by atoms with Crippen LogP contribution in [0.4, 0.5) is 0 Å². The fourth-order valence-corrected chi connectivity index (χ4v) is 5.05. The van der Waals surface area contributed by atoms with E-state index in [-0.39, 0.29) is 23.8 Å². The Morgan fingerprint density at radius 1 is 1.12 bits per heavy atom. The van der Waals surface area contributed by atoms with Gasteiger partial charge in [-0.05, 0) is 56.0 Å². The van der Waals surface area contributed by atoms with E-state index < -0.39 is 0 Å². The Hall–Kier alpha value is -2.86. The van der Waals surface area contributed by atoms with Crippen molar-refractivity contribution in [1.82, 2.24) is 14.5 Å². The van der Waals surface area contributed by atoms with Gasteiger partial charge in [0.05, 0.1) is 23.6 Å². The molecule has 0 bridgehead atoms. The first kappa shape index (κ1) is 24.3. The summed E-state index contributed by atoms with van der Waals surface area (Å²) in [6.07, 6.45) is 3.47. The Morgan fingerprint density at radius 2 is 1.88 bits per heavy atom. The average Bonchev–Trinajstić information content (AvgIpc) is 3.20. The summed E-state index contributed by atoms with van der Waals surface area (Å²) >= 11 is 6.23. The number of carbonyl (C=O) groups excluding carboxylic acids is 2.